The molecule has 3 rings (SSSR count). The highest BCUT2D eigenvalue weighted by atomic mass is 35.5. The van der Waals surface area contributed by atoms with Crippen LogP contribution < -0.4 is 4.74 Å². The highest BCUT2D eigenvalue weighted by Gasteiger charge is 2.20. The first-order valence-electron chi connectivity index (χ1n) is 7.29. The molecule has 3 aromatic rings. The van der Waals surface area contributed by atoms with Gasteiger partial charge in [-0.25, -0.2) is 14.8 Å². The van der Waals surface area contributed by atoms with Crippen LogP contribution in [0.5, 0.6) is 17.4 Å². The molecule has 0 radical (unpaired) electrons. The second kappa shape index (κ2) is 7.13. The molecule has 6 nitrogen and oxygen atoms in total. The molecule has 0 aliphatic heterocycles. The molecular formula is C17H12Cl2N2O4. The first kappa shape index (κ1) is 17.3. The first-order valence-corrected chi connectivity index (χ1v) is 8.05. The largest absolute Gasteiger partial charge is 0.505 e. The first-order chi connectivity index (χ1) is 12.0. The SMILES string of the molecule is CCOC(=O)c1nc(Cl)c2nc(Oc3cccc(Cl)c3)ccc2c1O. The van der Waals surface area contributed by atoms with Gasteiger partial charge in [-0.1, -0.05) is 29.3 Å². The van der Waals surface area contributed by atoms with Crippen LogP contribution in [0.25, 0.3) is 10.9 Å². The normalized spacial score (nSPS) is 10.7. The number of halogens is 2. The molecule has 2 heterocycles. The van der Waals surface area contributed by atoms with E-state index in [9.17, 15) is 9.90 Å². The van der Waals surface area contributed by atoms with E-state index in [0.717, 1.165) is 0 Å². The number of carbonyl (C=O) groups is 1. The van der Waals surface area contributed by atoms with E-state index in [4.69, 9.17) is 32.7 Å². The molecule has 0 spiro atoms. The van der Waals surface area contributed by atoms with E-state index in [-0.39, 0.29) is 40.0 Å². The lowest BCUT2D eigenvalue weighted by Crippen LogP contribution is -2.08. The van der Waals surface area contributed by atoms with Crippen molar-refractivity contribution in [3.63, 3.8) is 0 Å². The van der Waals surface area contributed by atoms with Crippen molar-refractivity contribution in [1.29, 1.82) is 0 Å². The summed E-state index contributed by atoms with van der Waals surface area (Å²) in [6.07, 6.45) is 0. The Morgan fingerprint density at radius 1 is 1.20 bits per heavy atom. The molecule has 1 N–H and O–H groups in total. The molecule has 0 aliphatic carbocycles. The molecule has 8 heteroatoms. The molecular weight excluding hydrogens is 367 g/mol. The summed E-state index contributed by atoms with van der Waals surface area (Å²) in [7, 11) is 0. The van der Waals surface area contributed by atoms with Gasteiger partial charge in [0.25, 0.3) is 0 Å². The summed E-state index contributed by atoms with van der Waals surface area (Å²) in [5.41, 5.74) is -0.0589. The Bertz CT molecular complexity index is 963. The van der Waals surface area contributed by atoms with Gasteiger partial charge in [-0.2, -0.15) is 0 Å². The lowest BCUT2D eigenvalue weighted by atomic mass is 10.2. The zero-order chi connectivity index (χ0) is 18.0. The van der Waals surface area contributed by atoms with Gasteiger partial charge in [-0.15, -0.1) is 0 Å². The van der Waals surface area contributed by atoms with Gasteiger partial charge in [0, 0.05) is 16.5 Å². The van der Waals surface area contributed by atoms with Crippen molar-refractivity contribution >= 4 is 40.1 Å². The third-order valence-electron chi connectivity index (χ3n) is 3.24. The molecule has 25 heavy (non-hydrogen) atoms. The van der Waals surface area contributed by atoms with Gasteiger partial charge < -0.3 is 14.6 Å². The Labute approximate surface area is 152 Å². The average Bonchev–Trinajstić information content (AvgIpc) is 2.58. The van der Waals surface area contributed by atoms with Crippen LogP contribution in [0.2, 0.25) is 10.2 Å². The Balaban J connectivity index is 2.02. The van der Waals surface area contributed by atoms with Gasteiger partial charge in [0.1, 0.15) is 11.3 Å². The molecule has 0 aliphatic rings. The molecule has 2 aromatic heterocycles. The number of rotatable bonds is 4. The predicted molar refractivity (Wildman–Crippen MR) is 93.7 cm³/mol. The molecule has 0 saturated heterocycles. The van der Waals surface area contributed by atoms with Crippen molar-refractivity contribution < 1.29 is 19.4 Å². The molecule has 0 fully saturated rings. The van der Waals surface area contributed by atoms with E-state index in [1.54, 1.807) is 31.2 Å². The van der Waals surface area contributed by atoms with Gasteiger partial charge in [-0.3, -0.25) is 0 Å². The van der Waals surface area contributed by atoms with Crippen molar-refractivity contribution in [3.05, 3.63) is 52.3 Å². The van der Waals surface area contributed by atoms with Gasteiger partial charge in [-0.05, 0) is 31.2 Å². The lowest BCUT2D eigenvalue weighted by molar-refractivity contribution is 0.0516. The highest BCUT2D eigenvalue weighted by Crippen LogP contribution is 2.33. The maximum atomic E-state index is 11.8. The number of hydrogen-bond donors (Lipinski definition) is 1. The fourth-order valence-corrected chi connectivity index (χ4v) is 2.58. The van der Waals surface area contributed by atoms with Crippen LogP contribution in [0, 0.1) is 0 Å². The fourth-order valence-electron chi connectivity index (χ4n) is 2.17. The van der Waals surface area contributed by atoms with E-state index in [1.165, 1.54) is 12.1 Å². The van der Waals surface area contributed by atoms with Crippen LogP contribution >= 0.6 is 23.2 Å². The Morgan fingerprint density at radius 3 is 2.72 bits per heavy atom. The van der Waals surface area contributed by atoms with Gasteiger partial charge in [0.15, 0.2) is 16.6 Å². The second-order valence-corrected chi connectivity index (χ2v) is 5.72. The monoisotopic (exact) mass is 378 g/mol. The molecule has 0 atom stereocenters. The van der Waals surface area contributed by atoms with E-state index in [0.29, 0.717) is 10.8 Å². The van der Waals surface area contributed by atoms with Crippen molar-refractivity contribution in [1.82, 2.24) is 9.97 Å². The number of hydrogen-bond acceptors (Lipinski definition) is 6. The number of ether oxygens (including phenoxy) is 2. The smallest absolute Gasteiger partial charge is 0.360 e. The highest BCUT2D eigenvalue weighted by molar-refractivity contribution is 6.34. The van der Waals surface area contributed by atoms with E-state index >= 15 is 0 Å². The van der Waals surface area contributed by atoms with Crippen LogP contribution in [-0.2, 0) is 4.74 Å². The summed E-state index contributed by atoms with van der Waals surface area (Å²) >= 11 is 12.0. The number of nitrogens with zero attached hydrogens (tertiary/aromatic N) is 2. The minimum absolute atomic E-state index is 0.0487. The number of fused-ring (bicyclic) bond motifs is 1. The van der Waals surface area contributed by atoms with E-state index in [2.05, 4.69) is 9.97 Å². The summed E-state index contributed by atoms with van der Waals surface area (Å²) in [6.45, 7) is 1.80. The summed E-state index contributed by atoms with van der Waals surface area (Å²) in [6, 6.07) is 9.89. The Morgan fingerprint density at radius 2 is 2.00 bits per heavy atom. The summed E-state index contributed by atoms with van der Waals surface area (Å²) in [4.78, 5) is 20.0. The van der Waals surface area contributed by atoms with Crippen LogP contribution in [0.1, 0.15) is 17.4 Å². The lowest BCUT2D eigenvalue weighted by Gasteiger charge is -2.10. The fraction of sp³-hybridized carbons (Fsp3) is 0.118. The molecule has 0 amide bonds. The maximum Gasteiger partial charge on any atom is 0.360 e. The minimum Gasteiger partial charge on any atom is -0.505 e. The van der Waals surface area contributed by atoms with E-state index < -0.39 is 5.97 Å². The maximum absolute atomic E-state index is 11.8. The molecule has 0 saturated carbocycles. The minimum atomic E-state index is -0.761. The number of esters is 1. The predicted octanol–water partition coefficient (Wildman–Crippen LogP) is 4.61. The molecule has 0 unspecified atom stereocenters. The van der Waals surface area contributed by atoms with Crippen molar-refractivity contribution in [3.8, 4) is 17.4 Å². The molecule has 1 aromatic carbocycles. The second-order valence-electron chi connectivity index (χ2n) is 4.93. The summed E-state index contributed by atoms with van der Waals surface area (Å²) in [5.74, 6) is -0.375. The standard InChI is InChI=1S/C17H12Cl2N2O4/c1-2-24-17(23)14-15(22)11-6-7-12(20-13(11)16(19)21-14)25-10-5-3-4-9(18)8-10/h3-8,22H,2H2,1H3. The summed E-state index contributed by atoms with van der Waals surface area (Å²) in [5, 5.41) is 11.0. The average molecular weight is 379 g/mol. The number of benzene rings is 1. The van der Waals surface area contributed by atoms with Crippen LogP contribution in [0.3, 0.4) is 0 Å². The molecule has 128 valence electrons. The van der Waals surface area contributed by atoms with Gasteiger partial charge >= 0.3 is 5.97 Å². The number of aromatic hydroxyl groups is 1. The Kier molecular flexibility index (Phi) is 4.92. The summed E-state index contributed by atoms with van der Waals surface area (Å²) < 4.78 is 10.5. The zero-order valence-electron chi connectivity index (χ0n) is 13.0. The Hall–Kier alpha value is -2.57. The van der Waals surface area contributed by atoms with Gasteiger partial charge in [0.2, 0.25) is 5.88 Å². The number of aromatic nitrogens is 2. The van der Waals surface area contributed by atoms with Crippen molar-refractivity contribution in [2.24, 2.45) is 0 Å². The van der Waals surface area contributed by atoms with Crippen molar-refractivity contribution in [2.45, 2.75) is 6.92 Å². The quantitative estimate of drug-likeness (QED) is 0.527. The number of carbonyl (C=O) groups excluding carboxylic acids is 1. The van der Waals surface area contributed by atoms with Crippen LogP contribution in [0.15, 0.2) is 36.4 Å². The van der Waals surface area contributed by atoms with Crippen LogP contribution in [-0.4, -0.2) is 27.7 Å². The third kappa shape index (κ3) is 3.60. The van der Waals surface area contributed by atoms with Crippen LogP contribution in [0.4, 0.5) is 0 Å². The zero-order valence-corrected chi connectivity index (χ0v) is 14.5. The van der Waals surface area contributed by atoms with Crippen molar-refractivity contribution in [2.75, 3.05) is 6.61 Å². The van der Waals surface area contributed by atoms with E-state index in [1.807, 2.05) is 0 Å². The number of pyridine rings is 2. The topological polar surface area (TPSA) is 81.5 Å². The molecule has 0 bridgehead atoms. The third-order valence-corrected chi connectivity index (χ3v) is 3.74. The van der Waals surface area contributed by atoms with Gasteiger partial charge in [0.05, 0.1) is 6.61 Å².